The quantitative estimate of drug-likeness (QED) is 0.470. The minimum absolute atomic E-state index is 0.00747. The number of amides is 1. The highest BCUT2D eigenvalue weighted by molar-refractivity contribution is 5.68. The monoisotopic (exact) mass is 322 g/mol. The van der Waals surface area contributed by atoms with Gasteiger partial charge in [-0.05, 0) is 29.3 Å². The molecule has 0 spiro atoms. The van der Waals surface area contributed by atoms with Crippen LogP contribution in [0.4, 0.5) is 16.3 Å². The Kier molecular flexibility index (Phi) is 5.72. The fourth-order valence-electron chi connectivity index (χ4n) is 2.52. The predicted octanol–water partition coefficient (Wildman–Crippen LogP) is 2.44. The molecule has 2 heterocycles. The number of ether oxygens (including phenoxy) is 1. The summed E-state index contributed by atoms with van der Waals surface area (Å²) < 4.78 is 5.26. The van der Waals surface area contributed by atoms with Gasteiger partial charge in [-0.3, -0.25) is 0 Å². The second-order valence-electron chi connectivity index (χ2n) is 5.59. The highest BCUT2D eigenvalue weighted by Gasteiger charge is 2.29. The molecule has 1 amide bonds. The van der Waals surface area contributed by atoms with Gasteiger partial charge < -0.3 is 24.7 Å². The molecule has 1 aromatic heterocycles. The highest BCUT2D eigenvalue weighted by Crippen LogP contribution is 2.20. The lowest BCUT2D eigenvalue weighted by atomic mass is 10.2. The van der Waals surface area contributed by atoms with Crippen LogP contribution in [0.2, 0.25) is 0 Å². The van der Waals surface area contributed by atoms with Crippen molar-refractivity contribution in [3.63, 3.8) is 0 Å². The molecule has 1 aliphatic rings. The summed E-state index contributed by atoms with van der Waals surface area (Å²) in [4.78, 5) is 29.8. The van der Waals surface area contributed by atoms with Crippen molar-refractivity contribution in [1.29, 1.82) is 0 Å². The zero-order chi connectivity index (χ0) is 16.8. The van der Waals surface area contributed by atoms with E-state index in [0.29, 0.717) is 26.2 Å². The molecule has 23 heavy (non-hydrogen) atoms. The van der Waals surface area contributed by atoms with Gasteiger partial charge in [-0.25, -0.2) is 4.79 Å². The number of aromatic nitrogens is 1. The molecular formula is C15H22N4O4. The molecular weight excluding hydrogens is 300 g/mol. The molecule has 8 nitrogen and oxygen atoms in total. The summed E-state index contributed by atoms with van der Waals surface area (Å²) in [5, 5.41) is 10.6. The van der Waals surface area contributed by atoms with Gasteiger partial charge in [0.15, 0.2) is 6.20 Å². The van der Waals surface area contributed by atoms with E-state index < -0.39 is 4.92 Å². The van der Waals surface area contributed by atoms with Crippen molar-refractivity contribution >= 4 is 17.6 Å². The number of nitro groups is 1. The Hall–Kier alpha value is -2.38. The minimum atomic E-state index is -0.517. The number of piperazine rings is 1. The predicted molar refractivity (Wildman–Crippen MR) is 85.5 cm³/mol. The van der Waals surface area contributed by atoms with Crippen molar-refractivity contribution in [2.24, 2.45) is 0 Å². The number of pyridine rings is 1. The van der Waals surface area contributed by atoms with Crippen molar-refractivity contribution in [2.45, 2.75) is 32.7 Å². The number of hydrogen-bond acceptors (Lipinski definition) is 6. The molecule has 126 valence electrons. The van der Waals surface area contributed by atoms with Crippen molar-refractivity contribution in [1.82, 2.24) is 9.88 Å². The van der Waals surface area contributed by atoms with Gasteiger partial charge in [-0.1, -0.05) is 13.3 Å². The van der Waals surface area contributed by atoms with E-state index in [1.165, 1.54) is 12.3 Å². The number of carbonyl (C=O) groups excluding carboxylic acids is 1. The first-order valence-corrected chi connectivity index (χ1v) is 7.81. The molecule has 1 aliphatic heterocycles. The van der Waals surface area contributed by atoms with Gasteiger partial charge in [0.05, 0.1) is 12.3 Å². The van der Waals surface area contributed by atoms with E-state index in [1.807, 2.05) is 13.8 Å². The van der Waals surface area contributed by atoms with E-state index in [9.17, 15) is 14.9 Å². The van der Waals surface area contributed by atoms with E-state index in [-0.39, 0.29) is 18.0 Å². The first-order chi connectivity index (χ1) is 11.0. The van der Waals surface area contributed by atoms with Gasteiger partial charge in [-0.15, -0.1) is 0 Å². The van der Waals surface area contributed by atoms with E-state index in [1.54, 1.807) is 11.0 Å². The second-order valence-corrected chi connectivity index (χ2v) is 5.59. The van der Waals surface area contributed by atoms with Crippen LogP contribution in [-0.2, 0) is 4.74 Å². The van der Waals surface area contributed by atoms with Gasteiger partial charge in [0.25, 0.3) is 0 Å². The van der Waals surface area contributed by atoms with Gasteiger partial charge in [0, 0.05) is 31.7 Å². The molecule has 0 saturated carbocycles. The zero-order valence-electron chi connectivity index (χ0n) is 13.5. The summed E-state index contributed by atoms with van der Waals surface area (Å²) in [7, 11) is 0. The van der Waals surface area contributed by atoms with Gasteiger partial charge in [-0.2, -0.15) is 0 Å². The van der Waals surface area contributed by atoms with E-state index in [4.69, 9.17) is 4.74 Å². The summed E-state index contributed by atoms with van der Waals surface area (Å²) >= 11 is 0. The van der Waals surface area contributed by atoms with Crippen LogP contribution < -0.4 is 4.90 Å². The van der Waals surface area contributed by atoms with E-state index in [2.05, 4.69) is 9.88 Å². The highest BCUT2D eigenvalue weighted by atomic mass is 16.6. The largest absolute Gasteiger partial charge is 0.449 e. The SMILES string of the molecule is CCCCOC(=O)N1CCN(c2ccc([N+](=O)[O-])nc2)CC1C. The van der Waals surface area contributed by atoms with Crippen molar-refractivity contribution in [3.05, 3.63) is 28.4 Å². The van der Waals surface area contributed by atoms with Crippen molar-refractivity contribution in [3.8, 4) is 0 Å². The number of unbranched alkanes of at least 4 members (excludes halogenated alkanes) is 1. The molecule has 1 aromatic rings. The maximum atomic E-state index is 12.0. The van der Waals surface area contributed by atoms with E-state index >= 15 is 0 Å². The Morgan fingerprint density at radius 1 is 1.48 bits per heavy atom. The summed E-state index contributed by atoms with van der Waals surface area (Å²) in [5.74, 6) is -0.167. The molecule has 1 unspecified atom stereocenters. The van der Waals surface area contributed by atoms with E-state index in [0.717, 1.165) is 18.5 Å². The Morgan fingerprint density at radius 3 is 2.83 bits per heavy atom. The fraction of sp³-hybridized carbons (Fsp3) is 0.600. The number of hydrogen-bond donors (Lipinski definition) is 0. The van der Waals surface area contributed by atoms with Gasteiger partial charge in [0.1, 0.15) is 0 Å². The smallest absolute Gasteiger partial charge is 0.410 e. The first kappa shape index (κ1) is 17.0. The summed E-state index contributed by atoms with van der Waals surface area (Å²) in [6, 6.07) is 3.09. The summed E-state index contributed by atoms with van der Waals surface area (Å²) in [6.45, 7) is 6.31. The number of rotatable bonds is 5. The number of nitrogens with zero attached hydrogens (tertiary/aromatic N) is 4. The van der Waals surface area contributed by atoms with Crippen LogP contribution >= 0.6 is 0 Å². The third-order valence-corrected chi connectivity index (χ3v) is 3.87. The van der Waals surface area contributed by atoms with Crippen molar-refractivity contribution < 1.29 is 14.5 Å². The van der Waals surface area contributed by atoms with Crippen LogP contribution in [0.1, 0.15) is 26.7 Å². The lowest BCUT2D eigenvalue weighted by molar-refractivity contribution is -0.389. The molecule has 2 rings (SSSR count). The average molecular weight is 322 g/mol. The molecule has 0 bridgehead atoms. The standard InChI is InChI=1S/C15H22N4O4/c1-3-4-9-23-15(20)18-8-7-17(11-12(18)2)13-5-6-14(16-10-13)19(21)22/h5-6,10,12H,3-4,7-9,11H2,1-2H3. The minimum Gasteiger partial charge on any atom is -0.449 e. The summed E-state index contributed by atoms with van der Waals surface area (Å²) in [6.07, 6.45) is 3.09. The lowest BCUT2D eigenvalue weighted by Gasteiger charge is -2.39. The maximum Gasteiger partial charge on any atom is 0.410 e. The maximum absolute atomic E-state index is 12.0. The van der Waals surface area contributed by atoms with Crippen LogP contribution in [0.5, 0.6) is 0 Å². The Labute approximate surface area is 135 Å². The average Bonchev–Trinajstić information content (AvgIpc) is 2.55. The number of carbonyl (C=O) groups is 1. The molecule has 1 saturated heterocycles. The fourth-order valence-corrected chi connectivity index (χ4v) is 2.52. The molecule has 1 atom stereocenters. The van der Waals surface area contributed by atoms with Crippen LogP contribution in [0, 0.1) is 10.1 Å². The van der Waals surface area contributed by atoms with Crippen LogP contribution in [-0.4, -0.2) is 53.2 Å². The third-order valence-electron chi connectivity index (χ3n) is 3.87. The van der Waals surface area contributed by atoms with Gasteiger partial charge >= 0.3 is 11.9 Å². The molecule has 1 fully saturated rings. The molecule has 0 aromatic carbocycles. The Balaban J connectivity index is 1.92. The Bertz CT molecular complexity index is 549. The van der Waals surface area contributed by atoms with Crippen molar-refractivity contribution in [2.75, 3.05) is 31.1 Å². The molecule has 0 N–H and O–H groups in total. The Morgan fingerprint density at radius 2 is 2.26 bits per heavy atom. The number of anilines is 1. The van der Waals surface area contributed by atoms with Crippen LogP contribution in [0.3, 0.4) is 0 Å². The first-order valence-electron chi connectivity index (χ1n) is 7.81. The second kappa shape index (κ2) is 7.75. The molecule has 0 radical (unpaired) electrons. The zero-order valence-corrected chi connectivity index (χ0v) is 13.5. The van der Waals surface area contributed by atoms with Crippen LogP contribution in [0.25, 0.3) is 0 Å². The van der Waals surface area contributed by atoms with Gasteiger partial charge in [0.2, 0.25) is 0 Å². The normalized spacial score (nSPS) is 17.9. The van der Waals surface area contributed by atoms with Crippen LogP contribution in [0.15, 0.2) is 18.3 Å². The third kappa shape index (κ3) is 4.30. The summed E-state index contributed by atoms with van der Waals surface area (Å²) in [5.41, 5.74) is 0.821. The lowest BCUT2D eigenvalue weighted by Crippen LogP contribution is -2.54. The topological polar surface area (TPSA) is 88.8 Å². The molecule has 8 heteroatoms. The molecule has 0 aliphatic carbocycles.